The smallest absolute Gasteiger partial charge is 0.214 e. The fourth-order valence-corrected chi connectivity index (χ4v) is 5.40. The number of aromatic nitrogens is 4. The molecule has 2 heterocycles. The molecule has 2 aliphatic rings. The molecule has 2 N–H and O–H groups in total. The molecule has 0 spiro atoms. The fourth-order valence-electron chi connectivity index (χ4n) is 5.40. The third kappa shape index (κ3) is 4.55. The van der Waals surface area contributed by atoms with Crippen LogP contribution in [0.3, 0.4) is 0 Å². The number of quaternary nitrogens is 2. The molecule has 0 bridgehead atoms. The average molecular weight is 419 g/mol. The maximum atomic E-state index is 4.60. The lowest BCUT2D eigenvalue weighted by Crippen LogP contribution is -3.27. The Hall–Kier alpha value is -2.57. The number of benzene rings is 2. The van der Waals surface area contributed by atoms with Crippen LogP contribution in [-0.2, 0) is 6.54 Å². The maximum Gasteiger partial charge on any atom is 0.214 e. The molecule has 1 saturated carbocycles. The Balaban J connectivity index is 1.37. The Kier molecular flexibility index (Phi) is 6.09. The van der Waals surface area contributed by atoms with Crippen molar-refractivity contribution in [1.82, 2.24) is 20.2 Å². The van der Waals surface area contributed by atoms with Crippen molar-refractivity contribution in [2.24, 2.45) is 0 Å². The van der Waals surface area contributed by atoms with E-state index >= 15 is 0 Å². The Morgan fingerprint density at radius 3 is 2.35 bits per heavy atom. The molecule has 0 radical (unpaired) electrons. The highest BCUT2D eigenvalue weighted by molar-refractivity contribution is 5.26. The van der Waals surface area contributed by atoms with Crippen LogP contribution < -0.4 is 9.80 Å². The molecule has 3 aromatic rings. The SMILES string of the molecule is Cc1ccc([C@@H](c2nnnn2C2CCCC2)[NH+]2CC[NH+](Cc3ccccc3)CC2)cc1. The summed E-state index contributed by atoms with van der Waals surface area (Å²) in [5.74, 6) is 1.05. The lowest BCUT2D eigenvalue weighted by atomic mass is 10.0. The van der Waals surface area contributed by atoms with Crippen LogP contribution in [0.25, 0.3) is 0 Å². The summed E-state index contributed by atoms with van der Waals surface area (Å²) in [5, 5.41) is 13.2. The van der Waals surface area contributed by atoms with E-state index in [1.807, 2.05) is 0 Å². The minimum Gasteiger partial charge on any atom is -0.322 e. The van der Waals surface area contributed by atoms with Crippen molar-refractivity contribution in [2.75, 3.05) is 26.2 Å². The highest BCUT2D eigenvalue weighted by Crippen LogP contribution is 2.31. The van der Waals surface area contributed by atoms with Crippen LogP contribution in [0, 0.1) is 6.92 Å². The molecule has 1 aromatic heterocycles. The zero-order valence-electron chi connectivity index (χ0n) is 18.5. The van der Waals surface area contributed by atoms with E-state index in [4.69, 9.17) is 0 Å². The van der Waals surface area contributed by atoms with E-state index in [2.05, 4.69) is 81.7 Å². The highest BCUT2D eigenvalue weighted by atomic mass is 15.6. The normalized spacial score (nSPS) is 23.1. The Morgan fingerprint density at radius 2 is 1.65 bits per heavy atom. The van der Waals surface area contributed by atoms with Gasteiger partial charge >= 0.3 is 0 Å². The molecule has 31 heavy (non-hydrogen) atoms. The van der Waals surface area contributed by atoms with Crippen molar-refractivity contribution < 1.29 is 9.80 Å². The van der Waals surface area contributed by atoms with E-state index in [1.54, 1.807) is 9.80 Å². The van der Waals surface area contributed by atoms with Gasteiger partial charge in [0, 0.05) is 11.1 Å². The van der Waals surface area contributed by atoms with Gasteiger partial charge in [0.15, 0.2) is 6.04 Å². The number of tetrazole rings is 1. The topological polar surface area (TPSA) is 52.5 Å². The van der Waals surface area contributed by atoms with E-state index in [-0.39, 0.29) is 6.04 Å². The van der Waals surface area contributed by atoms with Gasteiger partial charge in [-0.3, -0.25) is 0 Å². The molecular formula is C25H34N6+2. The van der Waals surface area contributed by atoms with Gasteiger partial charge in [0.2, 0.25) is 5.82 Å². The standard InChI is InChI=1S/C25H32N6/c1-20-11-13-22(14-12-20)24(25-26-27-28-31(25)23-9-5-6-10-23)30-17-15-29(16-18-30)19-21-7-3-2-4-8-21/h2-4,7-8,11-14,23-24H,5-6,9-10,15-19H2,1H3/p+2/t24-/m0/s1. The predicted octanol–water partition coefficient (Wildman–Crippen LogP) is 1.17. The average Bonchev–Trinajstić information content (AvgIpc) is 3.49. The van der Waals surface area contributed by atoms with Crippen LogP contribution in [0.2, 0.25) is 0 Å². The first-order valence-corrected chi connectivity index (χ1v) is 11.8. The van der Waals surface area contributed by atoms with Gasteiger partial charge in [0.05, 0.1) is 6.04 Å². The van der Waals surface area contributed by atoms with E-state index in [1.165, 1.54) is 55.5 Å². The summed E-state index contributed by atoms with van der Waals surface area (Å²) in [4.78, 5) is 3.27. The summed E-state index contributed by atoms with van der Waals surface area (Å²) < 4.78 is 2.16. The van der Waals surface area contributed by atoms with Crippen molar-refractivity contribution in [2.45, 2.75) is 51.2 Å². The number of rotatable bonds is 6. The molecule has 162 valence electrons. The second kappa shape index (κ2) is 9.28. The number of piperazine rings is 1. The molecule has 1 saturated heterocycles. The van der Waals surface area contributed by atoms with Gasteiger partial charge in [0.1, 0.15) is 32.7 Å². The van der Waals surface area contributed by atoms with Gasteiger partial charge in [-0.05, 0) is 30.2 Å². The zero-order chi connectivity index (χ0) is 21.0. The number of hydrogen-bond acceptors (Lipinski definition) is 3. The number of aryl methyl sites for hydroxylation is 1. The van der Waals surface area contributed by atoms with Crippen LogP contribution >= 0.6 is 0 Å². The largest absolute Gasteiger partial charge is 0.322 e. The van der Waals surface area contributed by atoms with E-state index in [0.29, 0.717) is 6.04 Å². The third-order valence-electron chi connectivity index (χ3n) is 7.16. The van der Waals surface area contributed by atoms with Crippen LogP contribution in [0.1, 0.15) is 60.3 Å². The van der Waals surface area contributed by atoms with E-state index < -0.39 is 0 Å². The Bertz CT molecular complexity index is 953. The van der Waals surface area contributed by atoms with Crippen LogP contribution in [0.15, 0.2) is 54.6 Å². The first-order chi connectivity index (χ1) is 15.3. The molecule has 1 aliphatic heterocycles. The predicted molar refractivity (Wildman–Crippen MR) is 120 cm³/mol. The second-order valence-corrected chi connectivity index (χ2v) is 9.33. The molecular weight excluding hydrogens is 384 g/mol. The lowest BCUT2D eigenvalue weighted by Gasteiger charge is -2.34. The first-order valence-electron chi connectivity index (χ1n) is 11.8. The molecule has 1 atom stereocenters. The Labute approximate surface area is 184 Å². The van der Waals surface area contributed by atoms with Gasteiger partial charge in [-0.1, -0.05) is 73.0 Å². The summed E-state index contributed by atoms with van der Waals surface area (Å²) in [7, 11) is 0. The van der Waals surface area contributed by atoms with Crippen molar-refractivity contribution in [3.05, 3.63) is 77.1 Å². The highest BCUT2D eigenvalue weighted by Gasteiger charge is 2.37. The molecule has 2 aromatic carbocycles. The molecule has 5 rings (SSSR count). The summed E-state index contributed by atoms with van der Waals surface area (Å²) in [6.45, 7) is 7.90. The van der Waals surface area contributed by atoms with E-state index in [9.17, 15) is 0 Å². The molecule has 0 amide bonds. The molecule has 2 fully saturated rings. The number of hydrogen-bond donors (Lipinski definition) is 2. The van der Waals surface area contributed by atoms with Crippen molar-refractivity contribution in [3.8, 4) is 0 Å². The molecule has 1 aliphatic carbocycles. The van der Waals surface area contributed by atoms with Crippen molar-refractivity contribution in [1.29, 1.82) is 0 Å². The lowest BCUT2D eigenvalue weighted by molar-refractivity contribution is -1.03. The number of nitrogens with zero attached hydrogens (tertiary/aromatic N) is 4. The van der Waals surface area contributed by atoms with Gasteiger partial charge in [-0.15, -0.1) is 5.10 Å². The summed E-state index contributed by atoms with van der Waals surface area (Å²) in [6, 6.07) is 20.6. The summed E-state index contributed by atoms with van der Waals surface area (Å²) >= 11 is 0. The van der Waals surface area contributed by atoms with Crippen LogP contribution in [-0.4, -0.2) is 46.4 Å². The molecule has 0 unspecified atom stereocenters. The monoisotopic (exact) mass is 418 g/mol. The quantitative estimate of drug-likeness (QED) is 0.632. The minimum atomic E-state index is 0.203. The van der Waals surface area contributed by atoms with Crippen molar-refractivity contribution in [3.63, 3.8) is 0 Å². The van der Waals surface area contributed by atoms with Crippen molar-refractivity contribution >= 4 is 0 Å². The fraction of sp³-hybridized carbons (Fsp3) is 0.480. The van der Waals surface area contributed by atoms with Gasteiger partial charge in [0.25, 0.3) is 0 Å². The first kappa shape index (κ1) is 20.3. The Morgan fingerprint density at radius 1 is 0.935 bits per heavy atom. The zero-order valence-corrected chi connectivity index (χ0v) is 18.5. The van der Waals surface area contributed by atoms with Crippen LogP contribution in [0.4, 0.5) is 0 Å². The van der Waals surface area contributed by atoms with Crippen LogP contribution in [0.5, 0.6) is 0 Å². The van der Waals surface area contributed by atoms with Gasteiger partial charge < -0.3 is 9.80 Å². The molecule has 6 nitrogen and oxygen atoms in total. The van der Waals surface area contributed by atoms with E-state index in [0.717, 1.165) is 25.5 Å². The van der Waals surface area contributed by atoms with Gasteiger partial charge in [-0.25, -0.2) is 4.68 Å². The minimum absolute atomic E-state index is 0.203. The van der Waals surface area contributed by atoms with Gasteiger partial charge in [-0.2, -0.15) is 0 Å². The molecule has 6 heteroatoms. The second-order valence-electron chi connectivity index (χ2n) is 9.33. The third-order valence-corrected chi connectivity index (χ3v) is 7.16. The number of nitrogens with one attached hydrogen (secondary N) is 2. The summed E-state index contributed by atoms with van der Waals surface area (Å²) in [5.41, 5.74) is 4.06. The summed E-state index contributed by atoms with van der Waals surface area (Å²) in [6.07, 6.45) is 4.97. The maximum absolute atomic E-state index is 4.60.